The lowest BCUT2D eigenvalue weighted by molar-refractivity contribution is 0.211. The van der Waals surface area contributed by atoms with E-state index in [1.807, 2.05) is 6.33 Å². The summed E-state index contributed by atoms with van der Waals surface area (Å²) in [5.41, 5.74) is 3.59. The molecule has 2 fully saturated rings. The summed E-state index contributed by atoms with van der Waals surface area (Å²) in [6, 6.07) is 2.29. The highest BCUT2D eigenvalue weighted by Crippen LogP contribution is 2.33. The Morgan fingerprint density at radius 1 is 1.12 bits per heavy atom. The molecule has 0 bridgehead atoms. The van der Waals surface area contributed by atoms with E-state index in [1.54, 1.807) is 0 Å². The number of aryl methyl sites for hydroxylation is 1. The lowest BCUT2D eigenvalue weighted by Gasteiger charge is -2.31. The molecular formula is C19H29N5. The second-order valence-corrected chi connectivity index (χ2v) is 7.40. The lowest BCUT2D eigenvalue weighted by Crippen LogP contribution is -2.33. The second-order valence-electron chi connectivity index (χ2n) is 7.40. The molecule has 0 aliphatic carbocycles. The van der Waals surface area contributed by atoms with Crippen molar-refractivity contribution in [2.75, 3.05) is 37.6 Å². The number of fused-ring (bicyclic) bond motifs is 1. The number of nitrogens with zero attached hydrogens (tertiary/aromatic N) is 5. The Bertz CT molecular complexity index is 693. The molecule has 2 aromatic rings. The first kappa shape index (κ1) is 15.9. The van der Waals surface area contributed by atoms with Gasteiger partial charge in [0.2, 0.25) is 0 Å². The number of imidazole rings is 1. The number of rotatable bonds is 4. The van der Waals surface area contributed by atoms with E-state index in [0.717, 1.165) is 24.4 Å². The number of piperidine rings is 1. The van der Waals surface area contributed by atoms with Crippen LogP contribution in [0.1, 0.15) is 50.6 Å². The van der Waals surface area contributed by atoms with Crippen LogP contribution in [-0.2, 0) is 7.05 Å². The van der Waals surface area contributed by atoms with Crippen molar-refractivity contribution in [1.29, 1.82) is 0 Å². The van der Waals surface area contributed by atoms with E-state index in [0.29, 0.717) is 5.92 Å². The molecule has 4 rings (SSSR count). The topological polar surface area (TPSA) is 37.2 Å². The summed E-state index contributed by atoms with van der Waals surface area (Å²) >= 11 is 0. The molecule has 5 heteroatoms. The van der Waals surface area contributed by atoms with Gasteiger partial charge in [-0.15, -0.1) is 0 Å². The molecule has 0 atom stereocenters. The van der Waals surface area contributed by atoms with Crippen LogP contribution in [0.3, 0.4) is 0 Å². The molecule has 0 saturated carbocycles. The molecular weight excluding hydrogens is 298 g/mol. The molecule has 0 unspecified atom stereocenters. The van der Waals surface area contributed by atoms with E-state index in [-0.39, 0.29) is 0 Å². The van der Waals surface area contributed by atoms with Gasteiger partial charge in [0.05, 0.1) is 11.8 Å². The number of hydrogen-bond acceptors (Lipinski definition) is 4. The minimum absolute atomic E-state index is 0.596. The Labute approximate surface area is 144 Å². The van der Waals surface area contributed by atoms with E-state index >= 15 is 0 Å². The van der Waals surface area contributed by atoms with Gasteiger partial charge in [-0.05, 0) is 57.8 Å². The second kappa shape index (κ2) is 6.71. The number of pyridine rings is 1. The average Bonchev–Trinajstić information content (AvgIpc) is 3.26. The molecule has 5 nitrogen and oxygen atoms in total. The van der Waals surface area contributed by atoms with Crippen molar-refractivity contribution >= 4 is 16.9 Å². The van der Waals surface area contributed by atoms with Crippen LogP contribution >= 0.6 is 0 Å². The third-order valence-electron chi connectivity index (χ3n) is 5.67. The maximum absolute atomic E-state index is 5.12. The normalized spacial score (nSPS) is 20.3. The highest BCUT2D eigenvalue weighted by molar-refractivity contribution is 5.87. The van der Waals surface area contributed by atoms with Crippen LogP contribution in [0, 0.1) is 0 Å². The van der Waals surface area contributed by atoms with Crippen molar-refractivity contribution in [3.63, 3.8) is 0 Å². The van der Waals surface area contributed by atoms with E-state index in [4.69, 9.17) is 4.98 Å². The van der Waals surface area contributed by atoms with Gasteiger partial charge in [-0.3, -0.25) is 0 Å². The molecule has 0 amide bonds. The number of likely N-dealkylation sites (tertiary alicyclic amines) is 1. The van der Waals surface area contributed by atoms with Crippen LogP contribution in [0.2, 0.25) is 0 Å². The first-order chi connectivity index (χ1) is 11.8. The van der Waals surface area contributed by atoms with Gasteiger partial charge >= 0.3 is 0 Å². The lowest BCUT2D eigenvalue weighted by atomic mass is 9.92. The van der Waals surface area contributed by atoms with Crippen LogP contribution in [-0.4, -0.2) is 52.2 Å². The monoisotopic (exact) mass is 327 g/mol. The van der Waals surface area contributed by atoms with Crippen LogP contribution in [0.15, 0.2) is 12.4 Å². The molecule has 2 aliphatic heterocycles. The SMILES string of the molecule is CCCN1CCC(c2cc3c(ncn3C)c(N3CCCC3)n2)CC1. The fourth-order valence-electron chi connectivity index (χ4n) is 4.26. The van der Waals surface area contributed by atoms with Gasteiger partial charge in [0.25, 0.3) is 0 Å². The predicted molar refractivity (Wildman–Crippen MR) is 98.7 cm³/mol. The summed E-state index contributed by atoms with van der Waals surface area (Å²) in [5.74, 6) is 1.72. The van der Waals surface area contributed by atoms with Gasteiger partial charge in [0.15, 0.2) is 5.82 Å². The van der Waals surface area contributed by atoms with E-state index in [2.05, 4.69) is 39.4 Å². The summed E-state index contributed by atoms with van der Waals surface area (Å²) in [6.07, 6.45) is 8.19. The zero-order chi connectivity index (χ0) is 16.5. The Morgan fingerprint density at radius 3 is 2.58 bits per heavy atom. The van der Waals surface area contributed by atoms with Crippen molar-refractivity contribution in [2.45, 2.75) is 44.9 Å². The predicted octanol–water partition coefficient (Wildman–Crippen LogP) is 3.16. The minimum Gasteiger partial charge on any atom is -0.355 e. The summed E-state index contributed by atoms with van der Waals surface area (Å²) in [5, 5.41) is 0. The van der Waals surface area contributed by atoms with Crippen LogP contribution in [0.25, 0.3) is 11.0 Å². The van der Waals surface area contributed by atoms with Gasteiger partial charge in [-0.2, -0.15) is 0 Å². The molecule has 2 saturated heterocycles. The van der Waals surface area contributed by atoms with Gasteiger partial charge in [0.1, 0.15) is 5.52 Å². The third-order valence-corrected chi connectivity index (χ3v) is 5.67. The summed E-state index contributed by atoms with van der Waals surface area (Å²) in [6.45, 7) is 8.17. The molecule has 2 aliphatic rings. The quantitative estimate of drug-likeness (QED) is 0.864. The zero-order valence-corrected chi connectivity index (χ0v) is 15.0. The first-order valence-electron chi connectivity index (χ1n) is 9.55. The Kier molecular flexibility index (Phi) is 4.44. The zero-order valence-electron chi connectivity index (χ0n) is 15.0. The maximum atomic E-state index is 5.12. The molecule has 4 heterocycles. The van der Waals surface area contributed by atoms with Crippen LogP contribution in [0.4, 0.5) is 5.82 Å². The molecule has 0 radical (unpaired) electrons. The largest absolute Gasteiger partial charge is 0.355 e. The molecule has 0 N–H and O–H groups in total. The Hall–Kier alpha value is -1.62. The molecule has 0 aromatic carbocycles. The number of hydrogen-bond donors (Lipinski definition) is 0. The summed E-state index contributed by atoms with van der Waals surface area (Å²) in [4.78, 5) is 14.8. The van der Waals surface area contributed by atoms with Crippen molar-refractivity contribution in [3.8, 4) is 0 Å². The first-order valence-corrected chi connectivity index (χ1v) is 9.55. The van der Waals surface area contributed by atoms with Crippen molar-refractivity contribution in [3.05, 3.63) is 18.1 Å². The standard InChI is InChI=1S/C19H29N5/c1-3-8-23-11-6-15(7-12-23)16-13-17-18(20-14-22(17)2)19(21-16)24-9-4-5-10-24/h13-15H,3-12H2,1-2H3. The van der Waals surface area contributed by atoms with Gasteiger partial charge < -0.3 is 14.4 Å². The van der Waals surface area contributed by atoms with E-state index in [9.17, 15) is 0 Å². The van der Waals surface area contributed by atoms with Crippen molar-refractivity contribution in [1.82, 2.24) is 19.4 Å². The highest BCUT2D eigenvalue weighted by atomic mass is 15.2. The average molecular weight is 327 g/mol. The minimum atomic E-state index is 0.596. The van der Waals surface area contributed by atoms with E-state index in [1.165, 1.54) is 62.9 Å². The molecule has 2 aromatic heterocycles. The smallest absolute Gasteiger partial charge is 0.157 e. The Morgan fingerprint density at radius 2 is 1.88 bits per heavy atom. The van der Waals surface area contributed by atoms with Crippen LogP contribution in [0.5, 0.6) is 0 Å². The number of anilines is 1. The fraction of sp³-hybridized carbons (Fsp3) is 0.684. The molecule has 24 heavy (non-hydrogen) atoms. The highest BCUT2D eigenvalue weighted by Gasteiger charge is 2.25. The van der Waals surface area contributed by atoms with Gasteiger partial charge in [-0.25, -0.2) is 9.97 Å². The van der Waals surface area contributed by atoms with Crippen molar-refractivity contribution in [2.24, 2.45) is 7.05 Å². The summed E-state index contributed by atoms with van der Waals surface area (Å²) in [7, 11) is 2.09. The van der Waals surface area contributed by atoms with Gasteiger partial charge in [0, 0.05) is 31.7 Å². The maximum Gasteiger partial charge on any atom is 0.157 e. The summed E-state index contributed by atoms with van der Waals surface area (Å²) < 4.78 is 2.15. The van der Waals surface area contributed by atoms with Crippen LogP contribution < -0.4 is 4.90 Å². The van der Waals surface area contributed by atoms with Gasteiger partial charge in [-0.1, -0.05) is 6.92 Å². The Balaban J connectivity index is 1.64. The molecule has 0 spiro atoms. The fourth-order valence-corrected chi connectivity index (χ4v) is 4.26. The molecule has 130 valence electrons. The third kappa shape index (κ3) is 2.90. The van der Waals surface area contributed by atoms with Crippen molar-refractivity contribution < 1.29 is 0 Å². The van der Waals surface area contributed by atoms with E-state index < -0.39 is 0 Å². The number of aromatic nitrogens is 3.